The van der Waals surface area contributed by atoms with Crippen molar-refractivity contribution >= 4 is 23.3 Å². The molecule has 2 aromatic rings. The van der Waals surface area contributed by atoms with E-state index in [4.69, 9.17) is 17.3 Å². The van der Waals surface area contributed by atoms with Crippen LogP contribution in [0.5, 0.6) is 0 Å². The minimum atomic E-state index is -0.227. The van der Waals surface area contributed by atoms with Gasteiger partial charge in [0.25, 0.3) is 5.91 Å². The summed E-state index contributed by atoms with van der Waals surface area (Å²) >= 11 is 5.92. The summed E-state index contributed by atoms with van der Waals surface area (Å²) in [5.74, 6) is -0.0347. The summed E-state index contributed by atoms with van der Waals surface area (Å²) in [7, 11) is 1.69. The fraction of sp³-hybridized carbons (Fsp3) is 0.250. The van der Waals surface area contributed by atoms with Crippen molar-refractivity contribution in [1.82, 2.24) is 9.88 Å². The Morgan fingerprint density at radius 2 is 2.09 bits per heavy atom. The molecule has 0 saturated heterocycles. The fourth-order valence-electron chi connectivity index (χ4n) is 2.29. The molecule has 0 aliphatic carbocycles. The molecule has 1 aromatic carbocycles. The SMILES string of the molecule is CN(C(=O)c1cnc(N)c(Cl)c1)C(CCO)c1ccccc1. The van der Waals surface area contributed by atoms with Gasteiger partial charge < -0.3 is 15.7 Å². The van der Waals surface area contributed by atoms with Crippen molar-refractivity contribution < 1.29 is 9.90 Å². The highest BCUT2D eigenvalue weighted by Gasteiger charge is 2.23. The second kappa shape index (κ2) is 7.24. The van der Waals surface area contributed by atoms with E-state index in [1.165, 1.54) is 12.3 Å². The number of hydrogen-bond acceptors (Lipinski definition) is 4. The van der Waals surface area contributed by atoms with E-state index in [9.17, 15) is 9.90 Å². The third-order valence-electron chi connectivity index (χ3n) is 3.49. The lowest BCUT2D eigenvalue weighted by Gasteiger charge is -2.28. The van der Waals surface area contributed by atoms with E-state index in [2.05, 4.69) is 4.98 Å². The Bertz CT molecular complexity index is 649. The van der Waals surface area contributed by atoms with E-state index in [0.717, 1.165) is 5.56 Å². The Labute approximate surface area is 134 Å². The largest absolute Gasteiger partial charge is 0.396 e. The summed E-state index contributed by atoms with van der Waals surface area (Å²) in [5.41, 5.74) is 6.88. The number of aliphatic hydroxyl groups is 1. The van der Waals surface area contributed by atoms with Crippen LogP contribution in [-0.4, -0.2) is 34.6 Å². The van der Waals surface area contributed by atoms with Crippen molar-refractivity contribution in [3.63, 3.8) is 0 Å². The highest BCUT2D eigenvalue weighted by molar-refractivity contribution is 6.33. The van der Waals surface area contributed by atoms with E-state index in [1.807, 2.05) is 30.3 Å². The zero-order chi connectivity index (χ0) is 16.1. The molecule has 22 heavy (non-hydrogen) atoms. The van der Waals surface area contributed by atoms with Crippen molar-refractivity contribution in [3.8, 4) is 0 Å². The minimum Gasteiger partial charge on any atom is -0.396 e. The average molecular weight is 320 g/mol. The smallest absolute Gasteiger partial charge is 0.255 e. The van der Waals surface area contributed by atoms with Crippen molar-refractivity contribution in [2.75, 3.05) is 19.4 Å². The van der Waals surface area contributed by atoms with Crippen LogP contribution in [0.3, 0.4) is 0 Å². The zero-order valence-corrected chi connectivity index (χ0v) is 13.0. The molecule has 1 atom stereocenters. The number of amides is 1. The Hall–Kier alpha value is -2.11. The van der Waals surface area contributed by atoms with Gasteiger partial charge in [0.15, 0.2) is 0 Å². The molecular formula is C16H18ClN3O2. The molecule has 1 unspecified atom stereocenters. The third kappa shape index (κ3) is 3.55. The Morgan fingerprint density at radius 3 is 2.68 bits per heavy atom. The van der Waals surface area contributed by atoms with Gasteiger partial charge in [0.1, 0.15) is 5.82 Å². The number of nitrogens with zero attached hydrogens (tertiary/aromatic N) is 2. The van der Waals surface area contributed by atoms with E-state index in [-0.39, 0.29) is 29.4 Å². The van der Waals surface area contributed by atoms with Crippen molar-refractivity contribution in [1.29, 1.82) is 0 Å². The highest BCUT2D eigenvalue weighted by atomic mass is 35.5. The van der Waals surface area contributed by atoms with E-state index in [0.29, 0.717) is 12.0 Å². The molecule has 0 saturated carbocycles. The summed E-state index contributed by atoms with van der Waals surface area (Å²) < 4.78 is 0. The molecule has 0 spiro atoms. The van der Waals surface area contributed by atoms with Crippen LogP contribution in [0.2, 0.25) is 5.02 Å². The number of hydrogen-bond donors (Lipinski definition) is 2. The normalized spacial score (nSPS) is 12.0. The van der Waals surface area contributed by atoms with Crippen LogP contribution < -0.4 is 5.73 Å². The van der Waals surface area contributed by atoms with E-state index >= 15 is 0 Å². The predicted molar refractivity (Wildman–Crippen MR) is 86.6 cm³/mol. The number of anilines is 1. The van der Waals surface area contributed by atoms with Crippen LogP contribution in [0.15, 0.2) is 42.6 Å². The van der Waals surface area contributed by atoms with Crippen molar-refractivity contribution in [2.45, 2.75) is 12.5 Å². The van der Waals surface area contributed by atoms with Gasteiger partial charge in [-0.1, -0.05) is 41.9 Å². The molecule has 1 heterocycles. The van der Waals surface area contributed by atoms with Gasteiger partial charge in [0, 0.05) is 19.9 Å². The first-order chi connectivity index (χ1) is 10.5. The lowest BCUT2D eigenvalue weighted by atomic mass is 10.0. The molecule has 5 nitrogen and oxygen atoms in total. The van der Waals surface area contributed by atoms with Gasteiger partial charge in [0.2, 0.25) is 0 Å². The maximum atomic E-state index is 12.6. The molecule has 116 valence electrons. The lowest BCUT2D eigenvalue weighted by molar-refractivity contribution is 0.0705. The highest BCUT2D eigenvalue weighted by Crippen LogP contribution is 2.25. The molecule has 6 heteroatoms. The number of halogens is 1. The summed E-state index contributed by atoms with van der Waals surface area (Å²) in [6.45, 7) is -0.0159. The maximum Gasteiger partial charge on any atom is 0.255 e. The number of nitrogens with two attached hydrogens (primary N) is 1. The van der Waals surface area contributed by atoms with Crippen LogP contribution >= 0.6 is 11.6 Å². The van der Waals surface area contributed by atoms with Gasteiger partial charge in [-0.2, -0.15) is 0 Å². The van der Waals surface area contributed by atoms with Crippen LogP contribution in [0, 0.1) is 0 Å². The maximum absolute atomic E-state index is 12.6. The van der Waals surface area contributed by atoms with E-state index < -0.39 is 0 Å². The van der Waals surface area contributed by atoms with Crippen molar-refractivity contribution in [2.24, 2.45) is 0 Å². The standard InChI is InChI=1S/C16H18ClN3O2/c1-20(14(7-8-21)11-5-3-2-4-6-11)16(22)12-9-13(17)15(18)19-10-12/h2-6,9-10,14,21H,7-8H2,1H3,(H2,18,19). The number of pyridine rings is 1. The quantitative estimate of drug-likeness (QED) is 0.887. The first-order valence-corrected chi connectivity index (χ1v) is 7.26. The first kappa shape index (κ1) is 16.3. The number of aliphatic hydroxyl groups excluding tert-OH is 1. The number of aromatic nitrogens is 1. The monoisotopic (exact) mass is 319 g/mol. The molecule has 1 aromatic heterocycles. The number of carbonyl (C=O) groups excluding carboxylic acids is 1. The van der Waals surface area contributed by atoms with Crippen molar-refractivity contribution in [3.05, 3.63) is 58.7 Å². The Kier molecular flexibility index (Phi) is 5.35. The van der Waals surface area contributed by atoms with Gasteiger partial charge in [-0.3, -0.25) is 4.79 Å². The average Bonchev–Trinajstić information content (AvgIpc) is 2.54. The topological polar surface area (TPSA) is 79.5 Å². The summed E-state index contributed by atoms with van der Waals surface area (Å²) in [6.07, 6.45) is 1.85. The summed E-state index contributed by atoms with van der Waals surface area (Å²) in [6, 6.07) is 10.8. The molecule has 0 aliphatic rings. The number of rotatable bonds is 5. The molecule has 0 aliphatic heterocycles. The second-order valence-electron chi connectivity index (χ2n) is 4.95. The fourth-order valence-corrected chi connectivity index (χ4v) is 2.46. The Balaban J connectivity index is 2.28. The number of carbonyl (C=O) groups is 1. The molecule has 0 fully saturated rings. The third-order valence-corrected chi connectivity index (χ3v) is 3.79. The molecule has 0 radical (unpaired) electrons. The second-order valence-corrected chi connectivity index (χ2v) is 5.35. The van der Waals surface area contributed by atoms with Gasteiger partial charge in [-0.15, -0.1) is 0 Å². The molecular weight excluding hydrogens is 302 g/mol. The lowest BCUT2D eigenvalue weighted by Crippen LogP contribution is -2.32. The first-order valence-electron chi connectivity index (χ1n) is 6.88. The van der Waals surface area contributed by atoms with Gasteiger partial charge >= 0.3 is 0 Å². The van der Waals surface area contributed by atoms with Crippen LogP contribution in [0.1, 0.15) is 28.4 Å². The summed E-state index contributed by atoms with van der Waals surface area (Å²) in [5, 5.41) is 9.54. The van der Waals surface area contributed by atoms with Gasteiger partial charge in [-0.05, 0) is 18.1 Å². The molecule has 2 rings (SSSR count). The number of nitrogen functional groups attached to an aromatic ring is 1. The zero-order valence-electron chi connectivity index (χ0n) is 12.2. The van der Waals surface area contributed by atoms with Crippen LogP contribution in [0.25, 0.3) is 0 Å². The van der Waals surface area contributed by atoms with Crippen LogP contribution in [-0.2, 0) is 0 Å². The molecule has 3 N–H and O–H groups in total. The predicted octanol–water partition coefficient (Wildman–Crippen LogP) is 2.51. The van der Waals surface area contributed by atoms with Crippen LogP contribution in [0.4, 0.5) is 5.82 Å². The molecule has 1 amide bonds. The minimum absolute atomic E-state index is 0.0159. The molecule has 0 bridgehead atoms. The van der Waals surface area contributed by atoms with Gasteiger partial charge in [-0.25, -0.2) is 4.98 Å². The Morgan fingerprint density at radius 1 is 1.41 bits per heavy atom. The van der Waals surface area contributed by atoms with Gasteiger partial charge in [0.05, 0.1) is 16.6 Å². The van der Waals surface area contributed by atoms with E-state index in [1.54, 1.807) is 11.9 Å². The number of benzene rings is 1. The summed E-state index contributed by atoms with van der Waals surface area (Å²) in [4.78, 5) is 18.1.